The van der Waals surface area contributed by atoms with E-state index in [0.29, 0.717) is 42.8 Å². The lowest BCUT2D eigenvalue weighted by molar-refractivity contribution is -0.254. The number of hydrogen-bond acceptors (Lipinski definition) is 5. The molecule has 6 rings (SSSR count). The van der Waals surface area contributed by atoms with Crippen LogP contribution in [0.15, 0.2) is 0 Å². The third-order valence-electron chi connectivity index (χ3n) is 10.9. The average molecular weight is 421 g/mol. The van der Waals surface area contributed by atoms with Crippen LogP contribution >= 0.6 is 0 Å². The highest BCUT2D eigenvalue weighted by molar-refractivity contribution is 5.14. The molecule has 0 radical (unpaired) electrons. The first-order valence-corrected chi connectivity index (χ1v) is 12.5. The Labute approximate surface area is 181 Å². The van der Waals surface area contributed by atoms with E-state index in [1.165, 1.54) is 25.7 Å². The van der Waals surface area contributed by atoms with Gasteiger partial charge >= 0.3 is 0 Å². The maximum atomic E-state index is 11.7. The number of aliphatic hydroxyl groups is 1. The van der Waals surface area contributed by atoms with Gasteiger partial charge in [0.05, 0.1) is 32.5 Å². The molecule has 0 aromatic heterocycles. The fourth-order valence-corrected chi connectivity index (χ4v) is 9.67. The molecule has 1 N–H and O–H groups in total. The maximum absolute atomic E-state index is 11.7. The van der Waals surface area contributed by atoms with E-state index in [1.807, 2.05) is 0 Å². The van der Waals surface area contributed by atoms with Crippen LogP contribution < -0.4 is 0 Å². The summed E-state index contributed by atoms with van der Waals surface area (Å²) in [5.41, 5.74) is 0.309. The Morgan fingerprint density at radius 2 is 1.43 bits per heavy atom. The molecule has 5 heteroatoms. The van der Waals surface area contributed by atoms with E-state index < -0.39 is 5.79 Å². The van der Waals surface area contributed by atoms with E-state index in [2.05, 4.69) is 20.8 Å². The van der Waals surface area contributed by atoms with Gasteiger partial charge in [-0.2, -0.15) is 0 Å². The minimum atomic E-state index is -0.467. The molecule has 0 amide bonds. The largest absolute Gasteiger partial charge is 0.393 e. The topological polar surface area (TPSA) is 57.2 Å². The molecule has 30 heavy (non-hydrogen) atoms. The molecule has 0 aromatic carbocycles. The zero-order valence-electron chi connectivity index (χ0n) is 19.0. The van der Waals surface area contributed by atoms with Crippen molar-refractivity contribution in [2.45, 2.75) is 89.8 Å². The van der Waals surface area contributed by atoms with Gasteiger partial charge in [-0.05, 0) is 80.0 Å². The first-order chi connectivity index (χ1) is 14.3. The Kier molecular flexibility index (Phi) is 4.53. The molecule has 5 nitrogen and oxygen atoms in total. The second kappa shape index (κ2) is 6.66. The Balaban J connectivity index is 1.28. The van der Waals surface area contributed by atoms with Crippen molar-refractivity contribution in [2.24, 2.45) is 40.4 Å². The minimum Gasteiger partial charge on any atom is -0.393 e. The summed E-state index contributed by atoms with van der Waals surface area (Å²) in [7, 11) is 0. The van der Waals surface area contributed by atoms with Crippen molar-refractivity contribution in [1.29, 1.82) is 0 Å². The fourth-order valence-electron chi connectivity index (χ4n) is 9.67. The molecule has 8 atom stereocenters. The lowest BCUT2D eigenvalue weighted by Crippen LogP contribution is -2.61. The Morgan fingerprint density at radius 1 is 0.733 bits per heavy atom. The smallest absolute Gasteiger partial charge is 0.169 e. The molecule has 0 bridgehead atoms. The second-order valence-electron chi connectivity index (χ2n) is 12.0. The third-order valence-corrected chi connectivity index (χ3v) is 10.9. The van der Waals surface area contributed by atoms with Crippen LogP contribution in [0.5, 0.6) is 0 Å². The Bertz CT molecular complexity index is 683. The van der Waals surface area contributed by atoms with E-state index in [9.17, 15) is 5.11 Å². The number of hydrogen-bond donors (Lipinski definition) is 1. The monoisotopic (exact) mass is 420 g/mol. The van der Waals surface area contributed by atoms with Crippen molar-refractivity contribution in [3.8, 4) is 0 Å². The van der Waals surface area contributed by atoms with E-state index in [0.717, 1.165) is 38.9 Å². The predicted octanol–water partition coefficient (Wildman–Crippen LogP) is 4.12. The van der Waals surface area contributed by atoms with E-state index in [4.69, 9.17) is 18.9 Å². The van der Waals surface area contributed by atoms with Crippen LogP contribution in [0.3, 0.4) is 0 Å². The Morgan fingerprint density at radius 3 is 2.17 bits per heavy atom. The van der Waals surface area contributed by atoms with Crippen molar-refractivity contribution >= 4 is 0 Å². The summed E-state index contributed by atoms with van der Waals surface area (Å²) in [5.74, 6) is 1.89. The van der Waals surface area contributed by atoms with Crippen LogP contribution in [0.2, 0.25) is 0 Å². The summed E-state index contributed by atoms with van der Waals surface area (Å²) >= 11 is 0. The van der Waals surface area contributed by atoms with Gasteiger partial charge in [-0.15, -0.1) is 0 Å². The lowest BCUT2D eigenvalue weighted by atomic mass is 9.43. The summed E-state index contributed by atoms with van der Waals surface area (Å²) in [6, 6.07) is 0. The molecular formula is C25H40O5. The van der Waals surface area contributed by atoms with Crippen LogP contribution in [-0.4, -0.2) is 49.2 Å². The van der Waals surface area contributed by atoms with Gasteiger partial charge in [-0.25, -0.2) is 0 Å². The van der Waals surface area contributed by atoms with Gasteiger partial charge in [0.2, 0.25) is 0 Å². The molecular weight excluding hydrogens is 380 g/mol. The SMILES string of the molecule is CC1([C@H]2CC[C@@H]3[C@@H]4CC[C@H]5CC6(CC[C@]5(C)[C@H]4[C@H](O)C[C@]32C)OCCO6)OCCO1. The van der Waals surface area contributed by atoms with Crippen molar-refractivity contribution in [3.63, 3.8) is 0 Å². The van der Waals surface area contributed by atoms with Crippen LogP contribution in [0.25, 0.3) is 0 Å². The minimum absolute atomic E-state index is 0.108. The van der Waals surface area contributed by atoms with Crippen LogP contribution in [-0.2, 0) is 18.9 Å². The number of rotatable bonds is 1. The molecule has 0 unspecified atom stereocenters. The molecule has 4 aliphatic carbocycles. The van der Waals surface area contributed by atoms with Crippen molar-refractivity contribution in [2.75, 3.05) is 26.4 Å². The normalized spacial score (nSPS) is 54.0. The first kappa shape index (κ1) is 20.4. The summed E-state index contributed by atoms with van der Waals surface area (Å²) < 4.78 is 24.5. The van der Waals surface area contributed by atoms with Crippen LogP contribution in [0.4, 0.5) is 0 Å². The van der Waals surface area contributed by atoms with E-state index >= 15 is 0 Å². The lowest BCUT2D eigenvalue weighted by Gasteiger charge is -2.63. The number of aliphatic hydroxyl groups excluding tert-OH is 1. The highest BCUT2D eigenvalue weighted by Gasteiger charge is 2.67. The van der Waals surface area contributed by atoms with Crippen molar-refractivity contribution < 1.29 is 24.1 Å². The first-order valence-electron chi connectivity index (χ1n) is 12.5. The van der Waals surface area contributed by atoms with Gasteiger partial charge in [-0.1, -0.05) is 13.8 Å². The average Bonchev–Trinajstić information content (AvgIpc) is 3.41. The van der Waals surface area contributed by atoms with Crippen molar-refractivity contribution in [1.82, 2.24) is 0 Å². The quantitative estimate of drug-likeness (QED) is 0.691. The summed E-state index contributed by atoms with van der Waals surface area (Å²) in [5, 5.41) is 11.7. The summed E-state index contributed by atoms with van der Waals surface area (Å²) in [6.45, 7) is 9.96. The number of fused-ring (bicyclic) bond motifs is 5. The molecule has 170 valence electrons. The zero-order valence-corrected chi connectivity index (χ0v) is 19.0. The number of ether oxygens (including phenoxy) is 4. The standard InChI is InChI=1S/C25H40O5/c1-22-8-9-25(29-12-13-30-25)14-16(22)4-5-17-18-6-7-20(24(3)27-10-11-28-24)23(18,2)15-19(26)21(17)22/h16-21,26H,4-15H2,1-3H3/t16-,17-,18+,19+,20-,21+,22-,23+/m0/s1. The molecule has 2 heterocycles. The van der Waals surface area contributed by atoms with E-state index in [1.54, 1.807) is 0 Å². The van der Waals surface area contributed by atoms with Crippen LogP contribution in [0.1, 0.15) is 72.1 Å². The molecule has 4 saturated carbocycles. The maximum Gasteiger partial charge on any atom is 0.169 e. The molecule has 6 aliphatic rings. The zero-order chi connectivity index (χ0) is 20.8. The molecule has 2 saturated heterocycles. The third kappa shape index (κ3) is 2.65. The highest BCUT2D eigenvalue weighted by Crippen LogP contribution is 2.69. The predicted molar refractivity (Wildman–Crippen MR) is 112 cm³/mol. The summed E-state index contributed by atoms with van der Waals surface area (Å²) in [4.78, 5) is 0. The van der Waals surface area contributed by atoms with Gasteiger partial charge in [0.25, 0.3) is 0 Å². The van der Waals surface area contributed by atoms with Crippen LogP contribution in [0, 0.1) is 40.4 Å². The highest BCUT2D eigenvalue weighted by atomic mass is 16.7. The fraction of sp³-hybridized carbons (Fsp3) is 1.00. The Hall–Kier alpha value is -0.200. The van der Waals surface area contributed by atoms with Gasteiger partial charge in [-0.3, -0.25) is 0 Å². The molecule has 1 spiro atoms. The van der Waals surface area contributed by atoms with Gasteiger partial charge in [0.15, 0.2) is 11.6 Å². The summed E-state index contributed by atoms with van der Waals surface area (Å²) in [6.07, 6.45) is 8.70. The molecule has 2 aliphatic heterocycles. The van der Waals surface area contributed by atoms with Crippen molar-refractivity contribution in [3.05, 3.63) is 0 Å². The molecule has 6 fully saturated rings. The van der Waals surface area contributed by atoms with Gasteiger partial charge in [0, 0.05) is 18.8 Å². The van der Waals surface area contributed by atoms with Gasteiger partial charge < -0.3 is 24.1 Å². The van der Waals surface area contributed by atoms with Gasteiger partial charge in [0.1, 0.15) is 0 Å². The second-order valence-corrected chi connectivity index (χ2v) is 12.0. The molecule has 0 aromatic rings. The van der Waals surface area contributed by atoms with E-state index in [-0.39, 0.29) is 22.7 Å².